The van der Waals surface area contributed by atoms with E-state index in [2.05, 4.69) is 12.2 Å². The molecule has 0 bridgehead atoms. The zero-order valence-corrected chi connectivity index (χ0v) is 11.5. The van der Waals surface area contributed by atoms with Crippen LogP contribution >= 0.6 is 0 Å². The zero-order valence-electron chi connectivity index (χ0n) is 11.5. The number of carbonyl (C=O) groups excluding carboxylic acids is 1. The third kappa shape index (κ3) is 4.78. The van der Waals surface area contributed by atoms with Gasteiger partial charge in [0.1, 0.15) is 5.75 Å². The number of unbranched alkanes of at least 4 members (excludes halogenated alkanes) is 1. The highest BCUT2D eigenvalue weighted by Crippen LogP contribution is 2.15. The fourth-order valence-electron chi connectivity index (χ4n) is 1.68. The van der Waals surface area contributed by atoms with Crippen molar-refractivity contribution in [1.82, 2.24) is 5.32 Å². The smallest absolute Gasteiger partial charge is 0.261 e. The van der Waals surface area contributed by atoms with Gasteiger partial charge >= 0.3 is 0 Å². The number of hydrogen-bond acceptors (Lipinski definition) is 2. The van der Waals surface area contributed by atoms with Gasteiger partial charge in [0.2, 0.25) is 0 Å². The third-order valence-electron chi connectivity index (χ3n) is 2.76. The van der Waals surface area contributed by atoms with Gasteiger partial charge in [-0.25, -0.2) is 0 Å². The molecule has 18 heavy (non-hydrogen) atoms. The molecule has 1 atom stereocenters. The average Bonchev–Trinajstić information content (AvgIpc) is 2.36. The normalized spacial score (nSPS) is 11.9. The predicted molar refractivity (Wildman–Crippen MR) is 73.8 cm³/mol. The molecule has 0 saturated carbocycles. The third-order valence-corrected chi connectivity index (χ3v) is 2.76. The molecule has 0 aliphatic rings. The van der Waals surface area contributed by atoms with E-state index in [1.807, 2.05) is 38.1 Å². The van der Waals surface area contributed by atoms with Crippen molar-refractivity contribution in [2.45, 2.75) is 46.1 Å². The van der Waals surface area contributed by atoms with E-state index >= 15 is 0 Å². The number of carbonyl (C=O) groups is 1. The molecule has 0 aliphatic carbocycles. The highest BCUT2D eigenvalue weighted by molar-refractivity contribution is 5.81. The van der Waals surface area contributed by atoms with E-state index < -0.39 is 6.10 Å². The van der Waals surface area contributed by atoms with Gasteiger partial charge in [-0.3, -0.25) is 4.79 Å². The Kier molecular flexibility index (Phi) is 6.26. The van der Waals surface area contributed by atoms with Crippen molar-refractivity contribution in [2.75, 3.05) is 6.54 Å². The summed E-state index contributed by atoms with van der Waals surface area (Å²) in [7, 11) is 0. The SMILES string of the molecule is CCCCNC(=O)C(CC)Oc1cccc(C)c1. The number of benzene rings is 1. The summed E-state index contributed by atoms with van der Waals surface area (Å²) in [6, 6.07) is 7.78. The fourth-order valence-corrected chi connectivity index (χ4v) is 1.68. The summed E-state index contributed by atoms with van der Waals surface area (Å²) in [4.78, 5) is 11.9. The van der Waals surface area contributed by atoms with Crippen molar-refractivity contribution >= 4 is 5.91 Å². The predicted octanol–water partition coefficient (Wildman–Crippen LogP) is 3.07. The fraction of sp³-hybridized carbons (Fsp3) is 0.533. The van der Waals surface area contributed by atoms with E-state index in [0.29, 0.717) is 6.42 Å². The molecule has 0 radical (unpaired) electrons. The molecule has 0 aliphatic heterocycles. The molecular weight excluding hydrogens is 226 g/mol. The van der Waals surface area contributed by atoms with E-state index in [-0.39, 0.29) is 5.91 Å². The molecule has 1 aromatic carbocycles. The van der Waals surface area contributed by atoms with Crippen molar-refractivity contribution in [3.8, 4) is 5.75 Å². The van der Waals surface area contributed by atoms with Crippen molar-refractivity contribution < 1.29 is 9.53 Å². The van der Waals surface area contributed by atoms with Crippen LogP contribution in [0.25, 0.3) is 0 Å². The molecule has 0 heterocycles. The molecular formula is C15H23NO2. The van der Waals surface area contributed by atoms with Crippen LogP contribution in [0.15, 0.2) is 24.3 Å². The minimum atomic E-state index is -0.399. The Bertz CT molecular complexity index is 377. The van der Waals surface area contributed by atoms with Crippen molar-refractivity contribution in [2.24, 2.45) is 0 Å². The molecule has 1 unspecified atom stereocenters. The molecule has 0 spiro atoms. The first-order valence-electron chi connectivity index (χ1n) is 6.68. The van der Waals surface area contributed by atoms with Crippen LogP contribution in [0.5, 0.6) is 5.75 Å². The van der Waals surface area contributed by atoms with Crippen LogP contribution in [0.3, 0.4) is 0 Å². The first kappa shape index (κ1) is 14.6. The maximum absolute atomic E-state index is 11.9. The van der Waals surface area contributed by atoms with E-state index in [0.717, 1.165) is 30.7 Å². The van der Waals surface area contributed by atoms with Crippen molar-refractivity contribution in [3.05, 3.63) is 29.8 Å². The summed E-state index contributed by atoms with van der Waals surface area (Å²) in [6.07, 6.45) is 2.36. The zero-order chi connectivity index (χ0) is 13.4. The maximum atomic E-state index is 11.9. The number of amides is 1. The molecule has 3 heteroatoms. The second-order valence-electron chi connectivity index (χ2n) is 4.48. The van der Waals surface area contributed by atoms with Crippen LogP contribution in [-0.4, -0.2) is 18.6 Å². The molecule has 1 N–H and O–H groups in total. The molecule has 3 nitrogen and oxygen atoms in total. The number of nitrogens with one attached hydrogen (secondary N) is 1. The maximum Gasteiger partial charge on any atom is 0.261 e. The summed E-state index contributed by atoms with van der Waals surface area (Å²) in [5.74, 6) is 0.736. The Balaban J connectivity index is 2.53. The Morgan fingerprint density at radius 3 is 2.78 bits per heavy atom. The Hall–Kier alpha value is -1.51. The van der Waals surface area contributed by atoms with Crippen molar-refractivity contribution in [1.29, 1.82) is 0 Å². The van der Waals surface area contributed by atoms with Crippen molar-refractivity contribution in [3.63, 3.8) is 0 Å². The summed E-state index contributed by atoms with van der Waals surface area (Å²) in [5.41, 5.74) is 1.13. The van der Waals surface area contributed by atoms with Gasteiger partial charge in [0.05, 0.1) is 0 Å². The average molecular weight is 249 g/mol. The first-order chi connectivity index (χ1) is 8.67. The second-order valence-corrected chi connectivity index (χ2v) is 4.48. The molecule has 100 valence electrons. The first-order valence-corrected chi connectivity index (χ1v) is 6.68. The lowest BCUT2D eigenvalue weighted by molar-refractivity contribution is -0.128. The lowest BCUT2D eigenvalue weighted by atomic mass is 10.2. The number of hydrogen-bond donors (Lipinski definition) is 1. The van der Waals surface area contributed by atoms with Crippen LogP contribution in [0.4, 0.5) is 0 Å². The minimum Gasteiger partial charge on any atom is -0.481 e. The Morgan fingerprint density at radius 1 is 1.39 bits per heavy atom. The van der Waals surface area contributed by atoms with Crippen LogP contribution < -0.4 is 10.1 Å². The molecule has 1 rings (SSSR count). The highest BCUT2D eigenvalue weighted by atomic mass is 16.5. The van der Waals surface area contributed by atoms with Crippen LogP contribution in [0, 0.1) is 6.92 Å². The van der Waals surface area contributed by atoms with E-state index in [1.165, 1.54) is 0 Å². The Labute approximate surface area is 110 Å². The van der Waals surface area contributed by atoms with Gasteiger partial charge in [0.15, 0.2) is 6.10 Å². The molecule has 0 aromatic heterocycles. The molecule has 1 amide bonds. The summed E-state index contributed by atoms with van der Waals surface area (Å²) in [5, 5.41) is 2.91. The monoisotopic (exact) mass is 249 g/mol. The quantitative estimate of drug-likeness (QED) is 0.754. The van der Waals surface area contributed by atoms with Gasteiger partial charge in [-0.1, -0.05) is 32.4 Å². The van der Waals surface area contributed by atoms with Gasteiger partial charge < -0.3 is 10.1 Å². The van der Waals surface area contributed by atoms with E-state index in [9.17, 15) is 4.79 Å². The Morgan fingerprint density at radius 2 is 2.17 bits per heavy atom. The lowest BCUT2D eigenvalue weighted by Gasteiger charge is -2.17. The van der Waals surface area contributed by atoms with Crippen LogP contribution in [0.1, 0.15) is 38.7 Å². The molecule has 0 fully saturated rings. The van der Waals surface area contributed by atoms with Gasteiger partial charge in [0.25, 0.3) is 5.91 Å². The number of aryl methyl sites for hydroxylation is 1. The topological polar surface area (TPSA) is 38.3 Å². The number of rotatable bonds is 7. The lowest BCUT2D eigenvalue weighted by Crippen LogP contribution is -2.38. The summed E-state index contributed by atoms with van der Waals surface area (Å²) >= 11 is 0. The summed E-state index contributed by atoms with van der Waals surface area (Å²) < 4.78 is 5.72. The van der Waals surface area contributed by atoms with Gasteiger partial charge in [-0.2, -0.15) is 0 Å². The standard InChI is InChI=1S/C15H23NO2/c1-4-6-10-16-15(17)14(5-2)18-13-9-7-8-12(3)11-13/h7-9,11,14H,4-6,10H2,1-3H3,(H,16,17). The summed E-state index contributed by atoms with van der Waals surface area (Å²) in [6.45, 7) is 6.80. The van der Waals surface area contributed by atoms with Gasteiger partial charge in [-0.05, 0) is 37.5 Å². The largest absolute Gasteiger partial charge is 0.481 e. The highest BCUT2D eigenvalue weighted by Gasteiger charge is 2.17. The minimum absolute atomic E-state index is 0.0209. The number of ether oxygens (including phenoxy) is 1. The van der Waals surface area contributed by atoms with E-state index in [4.69, 9.17) is 4.74 Å². The van der Waals surface area contributed by atoms with Gasteiger partial charge in [0, 0.05) is 6.54 Å². The van der Waals surface area contributed by atoms with Gasteiger partial charge in [-0.15, -0.1) is 0 Å². The molecule has 1 aromatic rings. The molecule has 0 saturated heterocycles. The van der Waals surface area contributed by atoms with Crippen LogP contribution in [-0.2, 0) is 4.79 Å². The van der Waals surface area contributed by atoms with E-state index in [1.54, 1.807) is 0 Å². The second kappa shape index (κ2) is 7.75. The van der Waals surface area contributed by atoms with Crippen LogP contribution in [0.2, 0.25) is 0 Å².